The fourth-order valence-corrected chi connectivity index (χ4v) is 1.35. The number of aromatic hydroxyl groups is 2. The first-order valence-corrected chi connectivity index (χ1v) is 4.66. The van der Waals surface area contributed by atoms with Gasteiger partial charge in [-0.2, -0.15) is 0 Å². The summed E-state index contributed by atoms with van der Waals surface area (Å²) < 4.78 is 4.89. The van der Waals surface area contributed by atoms with E-state index >= 15 is 0 Å². The van der Waals surface area contributed by atoms with Crippen molar-refractivity contribution in [1.29, 1.82) is 0 Å². The Balaban J connectivity index is 3.34. The first-order valence-electron chi connectivity index (χ1n) is 4.66. The van der Waals surface area contributed by atoms with E-state index in [1.165, 1.54) is 19.2 Å². The lowest BCUT2D eigenvalue weighted by Crippen LogP contribution is -2.13. The fraction of sp³-hybridized carbons (Fsp3) is 0.333. The molecule has 0 saturated carbocycles. The molecule has 0 heterocycles. The van der Waals surface area contributed by atoms with Crippen LogP contribution in [0.15, 0.2) is 24.8 Å². The number of ether oxygens (including phenoxy) is 1. The second kappa shape index (κ2) is 3.85. The van der Waals surface area contributed by atoms with Crippen molar-refractivity contribution in [3.8, 4) is 17.2 Å². The molecular weight excluding hydrogens is 192 g/mol. The maximum absolute atomic E-state index is 9.77. The molecule has 15 heavy (non-hydrogen) atoms. The van der Waals surface area contributed by atoms with E-state index in [-0.39, 0.29) is 17.2 Å². The number of hydrogen-bond donors (Lipinski definition) is 2. The topological polar surface area (TPSA) is 49.7 Å². The molecule has 0 spiro atoms. The Morgan fingerprint density at radius 3 is 2.33 bits per heavy atom. The zero-order chi connectivity index (χ0) is 11.6. The standard InChI is InChI=1S/C12H16O3/c1-5-12(2,3)8-6-10(14)11(15-4)7-9(8)13/h5-7,13-14H,1H2,2-4H3. The molecule has 3 nitrogen and oxygen atoms in total. The van der Waals surface area contributed by atoms with E-state index in [2.05, 4.69) is 6.58 Å². The molecule has 0 aromatic heterocycles. The van der Waals surface area contributed by atoms with Gasteiger partial charge in [-0.05, 0) is 6.07 Å². The van der Waals surface area contributed by atoms with Crippen molar-refractivity contribution < 1.29 is 14.9 Å². The summed E-state index contributed by atoms with van der Waals surface area (Å²) in [6.45, 7) is 7.51. The monoisotopic (exact) mass is 208 g/mol. The van der Waals surface area contributed by atoms with Gasteiger partial charge in [-0.15, -0.1) is 6.58 Å². The molecular formula is C12H16O3. The van der Waals surface area contributed by atoms with Crippen LogP contribution < -0.4 is 4.74 Å². The van der Waals surface area contributed by atoms with Crippen LogP contribution in [-0.4, -0.2) is 17.3 Å². The average molecular weight is 208 g/mol. The van der Waals surface area contributed by atoms with Crippen molar-refractivity contribution in [1.82, 2.24) is 0 Å². The van der Waals surface area contributed by atoms with E-state index < -0.39 is 5.41 Å². The van der Waals surface area contributed by atoms with Gasteiger partial charge in [0.25, 0.3) is 0 Å². The van der Waals surface area contributed by atoms with Crippen LogP contribution in [0.5, 0.6) is 17.2 Å². The Labute approximate surface area is 89.6 Å². The molecule has 0 aliphatic rings. The SMILES string of the molecule is C=CC(C)(C)c1cc(O)c(OC)cc1O. The molecule has 0 fully saturated rings. The summed E-state index contributed by atoms with van der Waals surface area (Å²) in [5.74, 6) is 0.367. The molecule has 0 saturated heterocycles. The van der Waals surface area contributed by atoms with Gasteiger partial charge in [-0.1, -0.05) is 19.9 Å². The molecule has 0 amide bonds. The van der Waals surface area contributed by atoms with Gasteiger partial charge in [-0.3, -0.25) is 0 Å². The molecule has 0 bridgehead atoms. The predicted octanol–water partition coefficient (Wildman–Crippen LogP) is 2.57. The highest BCUT2D eigenvalue weighted by atomic mass is 16.5. The summed E-state index contributed by atoms with van der Waals surface area (Å²) >= 11 is 0. The summed E-state index contributed by atoms with van der Waals surface area (Å²) in [6, 6.07) is 2.89. The lowest BCUT2D eigenvalue weighted by Gasteiger charge is -2.22. The number of benzene rings is 1. The fourth-order valence-electron chi connectivity index (χ4n) is 1.35. The second-order valence-electron chi connectivity index (χ2n) is 3.97. The molecule has 3 heteroatoms. The van der Waals surface area contributed by atoms with E-state index in [1.807, 2.05) is 13.8 Å². The van der Waals surface area contributed by atoms with Crippen molar-refractivity contribution in [2.24, 2.45) is 0 Å². The van der Waals surface area contributed by atoms with Crippen LogP contribution in [0.4, 0.5) is 0 Å². The Bertz CT molecular complexity index is 381. The van der Waals surface area contributed by atoms with Crippen molar-refractivity contribution >= 4 is 0 Å². The van der Waals surface area contributed by atoms with Gasteiger partial charge in [0.1, 0.15) is 5.75 Å². The van der Waals surface area contributed by atoms with E-state index in [1.54, 1.807) is 6.08 Å². The predicted molar refractivity (Wildman–Crippen MR) is 59.5 cm³/mol. The van der Waals surface area contributed by atoms with Crippen LogP contribution in [0.3, 0.4) is 0 Å². The number of hydrogen-bond acceptors (Lipinski definition) is 3. The third-order valence-electron chi connectivity index (χ3n) is 2.50. The Morgan fingerprint density at radius 2 is 1.87 bits per heavy atom. The molecule has 1 aromatic rings. The van der Waals surface area contributed by atoms with E-state index in [0.717, 1.165) is 0 Å². The average Bonchev–Trinajstić information content (AvgIpc) is 2.20. The molecule has 0 aliphatic carbocycles. The highest BCUT2D eigenvalue weighted by Crippen LogP contribution is 2.39. The lowest BCUT2D eigenvalue weighted by atomic mass is 9.84. The molecule has 0 unspecified atom stereocenters. The second-order valence-corrected chi connectivity index (χ2v) is 3.97. The molecule has 1 aromatic carbocycles. The summed E-state index contributed by atoms with van der Waals surface area (Å²) in [7, 11) is 1.44. The van der Waals surface area contributed by atoms with Crippen LogP contribution in [0.1, 0.15) is 19.4 Å². The molecule has 0 radical (unpaired) electrons. The van der Waals surface area contributed by atoms with Crippen LogP contribution >= 0.6 is 0 Å². The van der Waals surface area contributed by atoms with Gasteiger partial charge >= 0.3 is 0 Å². The van der Waals surface area contributed by atoms with E-state index in [9.17, 15) is 10.2 Å². The van der Waals surface area contributed by atoms with Crippen molar-refractivity contribution in [2.45, 2.75) is 19.3 Å². The number of allylic oxidation sites excluding steroid dienone is 1. The zero-order valence-electron chi connectivity index (χ0n) is 9.24. The van der Waals surface area contributed by atoms with Crippen LogP contribution in [0.25, 0.3) is 0 Å². The van der Waals surface area contributed by atoms with Crippen LogP contribution in [-0.2, 0) is 5.41 Å². The highest BCUT2D eigenvalue weighted by Gasteiger charge is 2.22. The van der Waals surface area contributed by atoms with Gasteiger partial charge in [0.15, 0.2) is 11.5 Å². The number of rotatable bonds is 3. The van der Waals surface area contributed by atoms with E-state index in [4.69, 9.17) is 4.74 Å². The van der Waals surface area contributed by atoms with Gasteiger partial charge < -0.3 is 14.9 Å². The first kappa shape index (κ1) is 11.4. The third-order valence-corrected chi connectivity index (χ3v) is 2.50. The van der Waals surface area contributed by atoms with Crippen LogP contribution in [0, 0.1) is 0 Å². The highest BCUT2D eigenvalue weighted by molar-refractivity contribution is 5.52. The third kappa shape index (κ3) is 2.06. The summed E-state index contributed by atoms with van der Waals surface area (Å²) in [5.41, 5.74) is 0.226. The van der Waals surface area contributed by atoms with Crippen LogP contribution in [0.2, 0.25) is 0 Å². The smallest absolute Gasteiger partial charge is 0.164 e. The lowest BCUT2D eigenvalue weighted by molar-refractivity contribution is 0.365. The normalized spacial score (nSPS) is 11.1. The minimum Gasteiger partial charge on any atom is -0.507 e. The summed E-state index contributed by atoms with van der Waals surface area (Å²) in [4.78, 5) is 0. The van der Waals surface area contributed by atoms with Crippen molar-refractivity contribution in [3.63, 3.8) is 0 Å². The van der Waals surface area contributed by atoms with E-state index in [0.29, 0.717) is 5.56 Å². The van der Waals surface area contributed by atoms with Crippen molar-refractivity contribution in [2.75, 3.05) is 7.11 Å². The molecule has 0 atom stereocenters. The largest absolute Gasteiger partial charge is 0.507 e. The number of methoxy groups -OCH3 is 1. The molecule has 82 valence electrons. The van der Waals surface area contributed by atoms with Gasteiger partial charge in [0, 0.05) is 17.0 Å². The minimum absolute atomic E-state index is 0.0141. The van der Waals surface area contributed by atoms with Crippen molar-refractivity contribution in [3.05, 3.63) is 30.4 Å². The Hall–Kier alpha value is -1.64. The first-order chi connectivity index (χ1) is 6.92. The minimum atomic E-state index is -0.395. The summed E-state index contributed by atoms with van der Waals surface area (Å²) in [6.07, 6.45) is 1.72. The molecule has 0 aliphatic heterocycles. The quantitative estimate of drug-likeness (QED) is 0.593. The Kier molecular flexibility index (Phi) is 2.93. The summed E-state index contributed by atoms with van der Waals surface area (Å²) in [5, 5.41) is 19.4. The maximum Gasteiger partial charge on any atom is 0.164 e. The number of phenols is 2. The Morgan fingerprint density at radius 1 is 1.27 bits per heavy atom. The molecule has 2 N–H and O–H groups in total. The van der Waals surface area contributed by atoms with Gasteiger partial charge in [-0.25, -0.2) is 0 Å². The van der Waals surface area contributed by atoms with Gasteiger partial charge in [0.05, 0.1) is 7.11 Å². The zero-order valence-corrected chi connectivity index (χ0v) is 9.24. The van der Waals surface area contributed by atoms with Gasteiger partial charge in [0.2, 0.25) is 0 Å². The number of phenolic OH excluding ortho intramolecular Hbond substituents is 2. The maximum atomic E-state index is 9.77. The molecule has 1 rings (SSSR count).